The van der Waals surface area contributed by atoms with E-state index in [0.717, 1.165) is 0 Å². The van der Waals surface area contributed by atoms with Gasteiger partial charge in [-0.05, 0) is 51.0 Å². The number of aliphatic hydroxyl groups excluding tert-OH is 1. The molecule has 7 N–H and O–H groups in total. The maximum atomic E-state index is 13.1. The van der Waals surface area contributed by atoms with Crippen molar-refractivity contribution in [3.05, 3.63) is 0 Å². The molecule has 4 amide bonds. The number of hydrogen-bond acceptors (Lipinski definition) is 8. The van der Waals surface area contributed by atoms with Crippen molar-refractivity contribution in [3.63, 3.8) is 0 Å². The quantitative estimate of drug-likeness (QED) is 0.0990. The second-order valence-electron chi connectivity index (χ2n) is 9.81. The highest BCUT2D eigenvalue weighted by molar-refractivity contribution is 7.81. The minimum absolute atomic E-state index is 0.0121. The first-order chi connectivity index (χ1) is 16.7. The third-order valence-corrected chi connectivity index (χ3v) is 5.83. The molecule has 0 aromatic carbocycles. The van der Waals surface area contributed by atoms with E-state index in [-0.39, 0.29) is 35.7 Å². The van der Waals surface area contributed by atoms with E-state index in [1.165, 1.54) is 13.8 Å². The standard InChI is InChI=1S/C24H45N5O6S/c1-13(2)11-18(28-23(34)20(14(3)4)26-16(6)31)22(33)29-21(15(5)30)24(35)27-17(19(32)12-36)9-7-8-10-25/h13-15,17-18,20-21,30,36H,7-12,25H2,1-6H3,(H,26,31)(H,27,35)(H,28,34)(H,29,33)/t15-,17+,18+,20+,21+/m1/s1. The van der Waals surface area contributed by atoms with Gasteiger partial charge in [-0.25, -0.2) is 0 Å². The lowest BCUT2D eigenvalue weighted by atomic mass is 9.99. The van der Waals surface area contributed by atoms with E-state index in [2.05, 4.69) is 33.9 Å². The monoisotopic (exact) mass is 531 g/mol. The SMILES string of the molecule is CC(=O)N[C@H](C(=O)N[C@@H](CC(C)C)C(=O)N[C@H](C(=O)N[C@@H](CCCCN)C(=O)CS)[C@@H](C)O)C(C)C. The molecule has 0 radical (unpaired) electrons. The van der Waals surface area contributed by atoms with Gasteiger partial charge in [0.1, 0.15) is 18.1 Å². The molecule has 36 heavy (non-hydrogen) atoms. The van der Waals surface area contributed by atoms with Crippen LogP contribution >= 0.6 is 12.6 Å². The van der Waals surface area contributed by atoms with Gasteiger partial charge in [-0.2, -0.15) is 12.6 Å². The average Bonchev–Trinajstić information content (AvgIpc) is 2.78. The summed E-state index contributed by atoms with van der Waals surface area (Å²) in [5.41, 5.74) is 5.50. The Morgan fingerprint density at radius 2 is 1.36 bits per heavy atom. The van der Waals surface area contributed by atoms with E-state index in [1.807, 2.05) is 13.8 Å². The second kappa shape index (κ2) is 17.3. The summed E-state index contributed by atoms with van der Waals surface area (Å²) in [6, 6.07) is -4.04. The molecule has 0 saturated carbocycles. The lowest BCUT2D eigenvalue weighted by molar-refractivity contribution is -0.136. The zero-order valence-electron chi connectivity index (χ0n) is 22.3. The largest absolute Gasteiger partial charge is 0.391 e. The molecular weight excluding hydrogens is 486 g/mol. The number of carbonyl (C=O) groups is 5. The number of thiol groups is 1. The number of carbonyl (C=O) groups excluding carboxylic acids is 5. The first-order valence-corrected chi connectivity index (χ1v) is 13.1. The van der Waals surface area contributed by atoms with E-state index in [0.29, 0.717) is 25.8 Å². The van der Waals surface area contributed by atoms with Crippen molar-refractivity contribution >= 4 is 42.0 Å². The number of Topliss-reactive ketones (excluding diaryl/α,β-unsaturated/α-hetero) is 1. The maximum absolute atomic E-state index is 13.1. The van der Waals surface area contributed by atoms with E-state index in [4.69, 9.17) is 5.73 Å². The van der Waals surface area contributed by atoms with Crippen molar-refractivity contribution in [1.29, 1.82) is 0 Å². The molecular formula is C24H45N5O6S. The van der Waals surface area contributed by atoms with Crippen LogP contribution in [0, 0.1) is 11.8 Å². The summed E-state index contributed by atoms with van der Waals surface area (Å²) in [6.07, 6.45) is 0.628. The van der Waals surface area contributed by atoms with Crippen LogP contribution in [0.1, 0.15) is 67.2 Å². The Bertz CT molecular complexity index is 747. The van der Waals surface area contributed by atoms with Crippen LogP contribution in [0.3, 0.4) is 0 Å². The van der Waals surface area contributed by atoms with Crippen LogP contribution in [0.5, 0.6) is 0 Å². The molecule has 0 fully saturated rings. The molecule has 0 aromatic rings. The summed E-state index contributed by atoms with van der Waals surface area (Å²) in [6.45, 7) is 10.4. The van der Waals surface area contributed by atoms with Gasteiger partial charge in [-0.1, -0.05) is 27.7 Å². The summed E-state index contributed by atoms with van der Waals surface area (Å²) in [5, 5.41) is 20.6. The summed E-state index contributed by atoms with van der Waals surface area (Å²) in [5.74, 6) is -2.88. The fourth-order valence-electron chi connectivity index (χ4n) is 3.56. The Hall–Kier alpha value is -2.18. The first-order valence-electron chi connectivity index (χ1n) is 12.4. The first kappa shape index (κ1) is 33.8. The molecule has 5 atom stereocenters. The van der Waals surface area contributed by atoms with Crippen molar-refractivity contribution in [2.75, 3.05) is 12.3 Å². The van der Waals surface area contributed by atoms with Gasteiger partial charge in [0.25, 0.3) is 0 Å². The molecule has 0 bridgehead atoms. The molecule has 0 heterocycles. The molecule has 0 spiro atoms. The fraction of sp³-hybridized carbons (Fsp3) is 0.792. The fourth-order valence-corrected chi connectivity index (χ4v) is 3.78. The van der Waals surface area contributed by atoms with E-state index < -0.39 is 48.0 Å². The van der Waals surface area contributed by atoms with Gasteiger partial charge in [-0.3, -0.25) is 24.0 Å². The van der Waals surface area contributed by atoms with Crippen molar-refractivity contribution in [2.24, 2.45) is 17.6 Å². The van der Waals surface area contributed by atoms with Crippen LogP contribution in [0.25, 0.3) is 0 Å². The molecule has 0 unspecified atom stereocenters. The topological polar surface area (TPSA) is 180 Å². The Labute approximate surface area is 219 Å². The predicted octanol–water partition coefficient (Wildman–Crippen LogP) is -0.344. The number of aliphatic hydroxyl groups is 1. The van der Waals surface area contributed by atoms with Gasteiger partial charge in [-0.15, -0.1) is 0 Å². The van der Waals surface area contributed by atoms with Gasteiger partial charge in [0.2, 0.25) is 23.6 Å². The number of rotatable bonds is 17. The Balaban J connectivity index is 5.62. The second-order valence-corrected chi connectivity index (χ2v) is 10.1. The number of nitrogens with one attached hydrogen (secondary N) is 4. The molecule has 0 aliphatic rings. The molecule has 0 saturated heterocycles. The maximum Gasteiger partial charge on any atom is 0.245 e. The highest BCUT2D eigenvalue weighted by Gasteiger charge is 2.33. The minimum Gasteiger partial charge on any atom is -0.391 e. The van der Waals surface area contributed by atoms with Crippen LogP contribution in [0.15, 0.2) is 0 Å². The smallest absolute Gasteiger partial charge is 0.245 e. The molecule has 0 aliphatic carbocycles. The lowest BCUT2D eigenvalue weighted by Gasteiger charge is -2.28. The highest BCUT2D eigenvalue weighted by Crippen LogP contribution is 2.10. The van der Waals surface area contributed by atoms with Gasteiger partial charge in [0.05, 0.1) is 17.9 Å². The molecule has 0 rings (SSSR count). The zero-order valence-corrected chi connectivity index (χ0v) is 23.2. The van der Waals surface area contributed by atoms with Crippen LogP contribution in [-0.2, 0) is 24.0 Å². The lowest BCUT2D eigenvalue weighted by Crippen LogP contribution is -2.60. The van der Waals surface area contributed by atoms with Gasteiger partial charge in [0, 0.05) is 6.92 Å². The Morgan fingerprint density at radius 3 is 1.81 bits per heavy atom. The summed E-state index contributed by atoms with van der Waals surface area (Å²) in [7, 11) is 0. The van der Waals surface area contributed by atoms with Crippen LogP contribution < -0.4 is 27.0 Å². The zero-order chi connectivity index (χ0) is 28.0. The minimum atomic E-state index is -1.36. The summed E-state index contributed by atoms with van der Waals surface area (Å²) in [4.78, 5) is 62.7. The third-order valence-electron chi connectivity index (χ3n) is 5.52. The van der Waals surface area contributed by atoms with Crippen LogP contribution in [0.4, 0.5) is 0 Å². The Morgan fingerprint density at radius 1 is 0.806 bits per heavy atom. The number of ketones is 1. The van der Waals surface area contributed by atoms with Gasteiger partial charge >= 0.3 is 0 Å². The number of nitrogens with two attached hydrogens (primary N) is 1. The van der Waals surface area contributed by atoms with Crippen molar-refractivity contribution in [2.45, 2.75) is 97.5 Å². The number of unbranched alkanes of at least 4 members (excludes halogenated alkanes) is 1. The van der Waals surface area contributed by atoms with E-state index in [9.17, 15) is 29.1 Å². The van der Waals surface area contributed by atoms with Crippen LogP contribution in [-0.4, -0.2) is 77.1 Å². The number of amides is 4. The summed E-state index contributed by atoms with van der Waals surface area (Å²) >= 11 is 4.00. The summed E-state index contributed by atoms with van der Waals surface area (Å²) < 4.78 is 0. The Kier molecular flexibility index (Phi) is 16.3. The highest BCUT2D eigenvalue weighted by atomic mass is 32.1. The van der Waals surface area contributed by atoms with Crippen molar-refractivity contribution < 1.29 is 29.1 Å². The van der Waals surface area contributed by atoms with Gasteiger partial charge < -0.3 is 32.1 Å². The van der Waals surface area contributed by atoms with Gasteiger partial charge in [0.15, 0.2) is 5.78 Å². The van der Waals surface area contributed by atoms with E-state index >= 15 is 0 Å². The third kappa shape index (κ3) is 12.7. The molecule has 12 heteroatoms. The molecule has 11 nitrogen and oxygen atoms in total. The normalized spacial score (nSPS) is 15.4. The van der Waals surface area contributed by atoms with E-state index in [1.54, 1.807) is 13.8 Å². The van der Waals surface area contributed by atoms with Crippen LogP contribution in [0.2, 0.25) is 0 Å². The van der Waals surface area contributed by atoms with Crippen molar-refractivity contribution in [3.8, 4) is 0 Å². The molecule has 208 valence electrons. The average molecular weight is 532 g/mol. The van der Waals surface area contributed by atoms with Crippen molar-refractivity contribution in [1.82, 2.24) is 21.3 Å². The number of hydrogen-bond donors (Lipinski definition) is 7. The predicted molar refractivity (Wildman–Crippen MR) is 141 cm³/mol. The molecule has 0 aromatic heterocycles. The molecule has 0 aliphatic heterocycles.